The van der Waals surface area contributed by atoms with E-state index < -0.39 is 0 Å². The summed E-state index contributed by atoms with van der Waals surface area (Å²) in [6, 6.07) is 13.6. The number of anilines is 1. The fourth-order valence-electron chi connectivity index (χ4n) is 5.31. The van der Waals surface area contributed by atoms with Gasteiger partial charge in [0, 0.05) is 31.2 Å². The van der Waals surface area contributed by atoms with E-state index in [-0.39, 0.29) is 47.7 Å². The van der Waals surface area contributed by atoms with Gasteiger partial charge in [-0.15, -0.1) is 0 Å². The lowest BCUT2D eigenvalue weighted by atomic mass is 9.88. The zero-order valence-electron chi connectivity index (χ0n) is 20.6. The summed E-state index contributed by atoms with van der Waals surface area (Å²) in [6.45, 7) is 8.31. The minimum absolute atomic E-state index is 0.00107. The molecule has 0 bridgehead atoms. The lowest BCUT2D eigenvalue weighted by Crippen LogP contribution is -2.67. The fraction of sp³-hybridized carbons (Fsp3) is 0.481. The van der Waals surface area contributed by atoms with Gasteiger partial charge in [-0.3, -0.25) is 14.5 Å². The molecule has 8 heteroatoms. The van der Waals surface area contributed by atoms with E-state index in [4.69, 9.17) is 11.6 Å². The van der Waals surface area contributed by atoms with Crippen LogP contribution in [0.1, 0.15) is 45.2 Å². The molecule has 2 aromatic rings. The van der Waals surface area contributed by atoms with Crippen LogP contribution in [-0.4, -0.2) is 54.5 Å². The number of amides is 2. The van der Waals surface area contributed by atoms with Gasteiger partial charge in [-0.25, -0.2) is 4.39 Å². The Balaban J connectivity index is 1.44. The summed E-state index contributed by atoms with van der Waals surface area (Å²) in [5, 5.41) is 7.07. The first-order valence-electron chi connectivity index (χ1n) is 12.3. The molecule has 2 saturated heterocycles. The van der Waals surface area contributed by atoms with E-state index in [0.29, 0.717) is 37.5 Å². The van der Waals surface area contributed by atoms with Crippen molar-refractivity contribution in [3.05, 3.63) is 64.9 Å². The van der Waals surface area contributed by atoms with Crippen LogP contribution in [0, 0.1) is 11.7 Å². The number of piperazine rings is 1. The number of nitrogens with zero attached hydrogens (tertiary/aromatic N) is 2. The van der Waals surface area contributed by atoms with Crippen molar-refractivity contribution in [2.75, 3.05) is 31.1 Å². The van der Waals surface area contributed by atoms with Gasteiger partial charge in [0.05, 0.1) is 29.2 Å². The summed E-state index contributed by atoms with van der Waals surface area (Å²) in [5.74, 6) is -0.584. The van der Waals surface area contributed by atoms with Crippen LogP contribution in [-0.2, 0) is 9.59 Å². The van der Waals surface area contributed by atoms with E-state index in [1.807, 2.05) is 31.2 Å². The Morgan fingerprint density at radius 2 is 2.00 bits per heavy atom. The first kappa shape index (κ1) is 25.6. The largest absolute Gasteiger partial charge is 0.349 e. The molecule has 2 aromatic carbocycles. The average Bonchev–Trinajstić information content (AvgIpc) is 2.84. The molecule has 0 radical (unpaired) electrons. The first-order chi connectivity index (χ1) is 16.7. The molecule has 3 atom stereocenters. The van der Waals surface area contributed by atoms with Crippen LogP contribution in [0.15, 0.2) is 48.5 Å². The van der Waals surface area contributed by atoms with Crippen molar-refractivity contribution in [2.45, 2.75) is 51.2 Å². The van der Waals surface area contributed by atoms with Gasteiger partial charge in [0.25, 0.3) is 0 Å². The summed E-state index contributed by atoms with van der Waals surface area (Å²) < 4.78 is 13.7. The molecule has 1 unspecified atom stereocenters. The zero-order chi connectivity index (χ0) is 25.2. The topological polar surface area (TPSA) is 64.7 Å². The number of piperidine rings is 1. The number of halogens is 2. The summed E-state index contributed by atoms with van der Waals surface area (Å²) in [6.07, 6.45) is 1.32. The maximum absolute atomic E-state index is 13.7. The van der Waals surface area contributed by atoms with Crippen molar-refractivity contribution in [3.8, 4) is 0 Å². The van der Waals surface area contributed by atoms with Gasteiger partial charge in [0.15, 0.2) is 0 Å². The van der Waals surface area contributed by atoms with Gasteiger partial charge < -0.3 is 15.5 Å². The van der Waals surface area contributed by atoms with E-state index in [0.717, 1.165) is 11.3 Å². The number of nitrogens with one attached hydrogen (secondary N) is 2. The van der Waals surface area contributed by atoms with Crippen LogP contribution in [0.5, 0.6) is 0 Å². The predicted octanol–water partition coefficient (Wildman–Crippen LogP) is 4.15. The van der Waals surface area contributed by atoms with Crippen molar-refractivity contribution < 1.29 is 14.0 Å². The number of carbonyl (C=O) groups excluding carboxylic acids is 2. The highest BCUT2D eigenvalue weighted by molar-refractivity contribution is 6.33. The standard InChI is InChI=1S/C27H34ClFN4O2/c1-4-23(18-8-7-9-20(29)12-18)31-26(35)19-13-21(15-30-14-19)33-16-25(34)32(17-27(33,2)3)24-11-6-5-10-22(24)28/h5-12,19,21,23,30H,4,13-17H2,1-3H3,(H,31,35)/t19-,21+,23?/m0/s1. The molecule has 0 saturated carbocycles. The number of para-hydroxylation sites is 1. The number of benzene rings is 2. The van der Waals surface area contributed by atoms with Crippen LogP contribution in [0.25, 0.3) is 0 Å². The number of rotatable bonds is 6. The molecule has 188 valence electrons. The Morgan fingerprint density at radius 3 is 2.71 bits per heavy atom. The molecular formula is C27H34ClFN4O2. The smallest absolute Gasteiger partial charge is 0.241 e. The van der Waals surface area contributed by atoms with Gasteiger partial charge in [0.2, 0.25) is 11.8 Å². The van der Waals surface area contributed by atoms with Crippen molar-refractivity contribution in [3.63, 3.8) is 0 Å². The lowest BCUT2D eigenvalue weighted by Gasteiger charge is -2.51. The third-order valence-corrected chi connectivity index (χ3v) is 7.51. The zero-order valence-corrected chi connectivity index (χ0v) is 21.3. The molecule has 0 aliphatic carbocycles. The molecule has 2 heterocycles. The highest BCUT2D eigenvalue weighted by Crippen LogP contribution is 2.34. The number of hydrogen-bond acceptors (Lipinski definition) is 4. The first-order valence-corrected chi connectivity index (χ1v) is 12.7. The van der Waals surface area contributed by atoms with Crippen molar-refractivity contribution in [1.82, 2.24) is 15.5 Å². The van der Waals surface area contributed by atoms with Crippen LogP contribution in [0.3, 0.4) is 0 Å². The van der Waals surface area contributed by atoms with Gasteiger partial charge >= 0.3 is 0 Å². The van der Waals surface area contributed by atoms with Crippen LogP contribution < -0.4 is 15.5 Å². The highest BCUT2D eigenvalue weighted by atomic mass is 35.5. The number of hydrogen-bond donors (Lipinski definition) is 2. The van der Waals surface area contributed by atoms with Crippen LogP contribution in [0.4, 0.5) is 10.1 Å². The third-order valence-electron chi connectivity index (χ3n) is 7.19. The van der Waals surface area contributed by atoms with E-state index in [9.17, 15) is 14.0 Å². The quantitative estimate of drug-likeness (QED) is 0.625. The SMILES string of the molecule is CCC(NC(=O)[C@@H]1CNC[C@H](N2CC(=O)N(c3ccccc3Cl)CC2(C)C)C1)c1cccc(F)c1. The van der Waals surface area contributed by atoms with Crippen LogP contribution in [0.2, 0.25) is 5.02 Å². The third kappa shape index (κ3) is 5.68. The predicted molar refractivity (Wildman–Crippen MR) is 137 cm³/mol. The Kier molecular flexibility index (Phi) is 7.79. The normalized spacial score (nSPS) is 23.7. The highest BCUT2D eigenvalue weighted by Gasteiger charge is 2.44. The van der Waals surface area contributed by atoms with E-state index in [1.165, 1.54) is 12.1 Å². The second-order valence-corrected chi connectivity index (χ2v) is 10.5. The summed E-state index contributed by atoms with van der Waals surface area (Å²) in [7, 11) is 0. The van der Waals surface area contributed by atoms with Gasteiger partial charge in [-0.2, -0.15) is 0 Å². The minimum atomic E-state index is -0.308. The monoisotopic (exact) mass is 500 g/mol. The Morgan fingerprint density at radius 1 is 1.23 bits per heavy atom. The maximum Gasteiger partial charge on any atom is 0.241 e. The molecule has 2 aliphatic heterocycles. The van der Waals surface area contributed by atoms with Gasteiger partial charge in [-0.05, 0) is 56.5 Å². The molecule has 2 fully saturated rings. The summed E-state index contributed by atoms with van der Waals surface area (Å²) >= 11 is 6.38. The molecular weight excluding hydrogens is 467 g/mol. The fourth-order valence-corrected chi connectivity index (χ4v) is 5.55. The molecule has 2 aliphatic rings. The second kappa shape index (κ2) is 10.6. The van der Waals surface area contributed by atoms with E-state index in [2.05, 4.69) is 29.4 Å². The van der Waals surface area contributed by atoms with Gasteiger partial charge in [0.1, 0.15) is 5.82 Å². The Bertz CT molecular complexity index is 1080. The summed E-state index contributed by atoms with van der Waals surface area (Å²) in [5.41, 5.74) is 1.20. The molecule has 2 N–H and O–H groups in total. The van der Waals surface area contributed by atoms with Crippen molar-refractivity contribution in [1.29, 1.82) is 0 Å². The summed E-state index contributed by atoms with van der Waals surface area (Å²) in [4.78, 5) is 30.4. The van der Waals surface area contributed by atoms with E-state index >= 15 is 0 Å². The Hall–Kier alpha value is -2.48. The molecule has 35 heavy (non-hydrogen) atoms. The molecule has 0 spiro atoms. The molecule has 6 nitrogen and oxygen atoms in total. The maximum atomic E-state index is 13.7. The minimum Gasteiger partial charge on any atom is -0.349 e. The average molecular weight is 501 g/mol. The lowest BCUT2D eigenvalue weighted by molar-refractivity contribution is -0.129. The van der Waals surface area contributed by atoms with Crippen LogP contribution >= 0.6 is 11.6 Å². The Labute approximate surface area is 211 Å². The van der Waals surface area contributed by atoms with E-state index in [1.54, 1.807) is 17.0 Å². The molecule has 2 amide bonds. The van der Waals surface area contributed by atoms with Crippen molar-refractivity contribution in [2.24, 2.45) is 5.92 Å². The number of carbonyl (C=O) groups is 2. The molecule has 4 rings (SSSR count). The molecule has 0 aromatic heterocycles. The van der Waals surface area contributed by atoms with Crippen molar-refractivity contribution >= 4 is 29.1 Å². The van der Waals surface area contributed by atoms with Gasteiger partial charge in [-0.1, -0.05) is 42.8 Å². The second-order valence-electron chi connectivity index (χ2n) is 10.1.